The summed E-state index contributed by atoms with van der Waals surface area (Å²) in [5.41, 5.74) is 7.19. The van der Waals surface area contributed by atoms with Gasteiger partial charge in [0.25, 0.3) is 0 Å². The molecule has 0 amide bonds. The minimum absolute atomic E-state index is 0.447. The van der Waals surface area contributed by atoms with Crippen molar-refractivity contribution in [3.63, 3.8) is 0 Å². The van der Waals surface area contributed by atoms with E-state index in [0.717, 1.165) is 30.4 Å². The van der Waals surface area contributed by atoms with Gasteiger partial charge in [0.15, 0.2) is 6.29 Å². The molecule has 0 radical (unpaired) electrons. The number of aromatic nitrogens is 4. The summed E-state index contributed by atoms with van der Waals surface area (Å²) in [5, 5.41) is 8.91. The highest BCUT2D eigenvalue weighted by atomic mass is 16.1. The molecule has 2 aliphatic rings. The first kappa shape index (κ1) is 22.5. The fourth-order valence-corrected chi connectivity index (χ4v) is 5.17. The minimum Gasteiger partial charge on any atom is -0.298 e. The first-order chi connectivity index (χ1) is 15.5. The Bertz CT molecular complexity index is 1060. The van der Waals surface area contributed by atoms with Gasteiger partial charge in [-0.25, -0.2) is 0 Å². The van der Waals surface area contributed by atoms with Gasteiger partial charge in [0.2, 0.25) is 0 Å². The van der Waals surface area contributed by atoms with Crippen molar-refractivity contribution in [2.75, 3.05) is 7.05 Å². The van der Waals surface area contributed by atoms with Crippen LogP contribution in [0.5, 0.6) is 0 Å². The van der Waals surface area contributed by atoms with Crippen molar-refractivity contribution in [3.8, 4) is 11.3 Å². The van der Waals surface area contributed by atoms with E-state index < -0.39 is 0 Å². The fourth-order valence-electron chi connectivity index (χ4n) is 5.17. The van der Waals surface area contributed by atoms with Crippen LogP contribution in [0.25, 0.3) is 11.3 Å². The van der Waals surface area contributed by atoms with Crippen LogP contribution in [-0.2, 0) is 20.5 Å². The average Bonchev–Trinajstić information content (AvgIpc) is 3.49. The molecule has 0 N–H and O–H groups in total. The number of hydrogen-bond acceptors (Lipinski definition) is 4. The molecule has 2 unspecified atom stereocenters. The lowest BCUT2D eigenvalue weighted by Gasteiger charge is -2.38. The summed E-state index contributed by atoms with van der Waals surface area (Å²) in [7, 11) is 6.22. The molecule has 0 saturated heterocycles. The third kappa shape index (κ3) is 4.16. The number of carbonyl (C=O) groups excluding carboxylic acids is 1. The van der Waals surface area contributed by atoms with Crippen LogP contribution in [0, 0.1) is 0 Å². The van der Waals surface area contributed by atoms with Crippen molar-refractivity contribution in [3.05, 3.63) is 59.0 Å². The molecule has 1 aliphatic heterocycles. The Kier molecular flexibility index (Phi) is 6.60. The Labute approximate surface area is 191 Å². The average molecular weight is 434 g/mol. The standard InChI is InChI=1S/C18H25N3.C8H10N2O/c1-5-14-12-15-17(16(6-2)20(14)3)19-21(4)18(15)13-10-8-7-9-11-13;1-10-8(6-2-3-6)7(5-11)4-9-10/h7-11,14,16H,5-6,12H2,1-4H3;4-6H,2-3H2,1H3. The predicted octanol–water partition coefficient (Wildman–Crippen LogP) is 4.91. The molecule has 1 aromatic carbocycles. The normalized spacial score (nSPS) is 20.4. The SMILES string of the molecule is CCC1Cc2c(nn(C)c2-c2ccccc2)C(CC)N1C.Cn1ncc(C=O)c1C1CC1. The topological polar surface area (TPSA) is 56.0 Å². The number of rotatable bonds is 5. The first-order valence-electron chi connectivity index (χ1n) is 11.8. The van der Waals surface area contributed by atoms with E-state index in [1.165, 1.54) is 41.8 Å². The third-order valence-electron chi connectivity index (χ3n) is 7.01. The largest absolute Gasteiger partial charge is 0.298 e. The Morgan fingerprint density at radius 3 is 2.34 bits per heavy atom. The number of nitrogens with zero attached hydrogens (tertiary/aromatic N) is 5. The molecule has 3 heterocycles. The van der Waals surface area contributed by atoms with Gasteiger partial charge < -0.3 is 0 Å². The first-order valence-corrected chi connectivity index (χ1v) is 11.8. The molecule has 170 valence electrons. The van der Waals surface area contributed by atoms with E-state index in [9.17, 15) is 4.79 Å². The van der Waals surface area contributed by atoms with Gasteiger partial charge in [0, 0.05) is 37.2 Å². The molecule has 1 saturated carbocycles. The minimum atomic E-state index is 0.447. The lowest BCUT2D eigenvalue weighted by Crippen LogP contribution is -2.40. The van der Waals surface area contributed by atoms with Crippen LogP contribution < -0.4 is 0 Å². The van der Waals surface area contributed by atoms with Crippen molar-refractivity contribution < 1.29 is 4.79 Å². The lowest BCUT2D eigenvalue weighted by molar-refractivity contribution is 0.112. The molecule has 3 aromatic rings. The maximum absolute atomic E-state index is 10.5. The van der Waals surface area contributed by atoms with Crippen LogP contribution >= 0.6 is 0 Å². The number of fused-ring (bicyclic) bond motifs is 1. The number of hydrogen-bond donors (Lipinski definition) is 0. The quantitative estimate of drug-likeness (QED) is 0.536. The highest BCUT2D eigenvalue weighted by Crippen LogP contribution is 2.41. The number of benzene rings is 1. The van der Waals surface area contributed by atoms with Crippen molar-refractivity contribution in [2.45, 2.75) is 64.0 Å². The van der Waals surface area contributed by atoms with Gasteiger partial charge in [-0.1, -0.05) is 44.2 Å². The van der Waals surface area contributed by atoms with Gasteiger partial charge in [0.1, 0.15) is 0 Å². The van der Waals surface area contributed by atoms with Crippen LogP contribution in [0.2, 0.25) is 0 Å². The van der Waals surface area contributed by atoms with Crippen molar-refractivity contribution in [1.29, 1.82) is 0 Å². The Balaban J connectivity index is 0.000000186. The highest BCUT2D eigenvalue weighted by molar-refractivity contribution is 5.76. The number of aryl methyl sites for hydroxylation is 2. The zero-order chi connectivity index (χ0) is 22.8. The van der Waals surface area contributed by atoms with Crippen LogP contribution in [0.4, 0.5) is 0 Å². The third-order valence-corrected chi connectivity index (χ3v) is 7.01. The lowest BCUT2D eigenvalue weighted by atomic mass is 9.88. The predicted molar refractivity (Wildman–Crippen MR) is 128 cm³/mol. The second-order valence-corrected chi connectivity index (χ2v) is 9.06. The Morgan fingerprint density at radius 1 is 1.03 bits per heavy atom. The Morgan fingerprint density at radius 2 is 1.75 bits per heavy atom. The summed E-state index contributed by atoms with van der Waals surface area (Å²) in [5.74, 6) is 0.600. The van der Waals surface area contributed by atoms with Gasteiger partial charge in [-0.2, -0.15) is 10.2 Å². The second-order valence-electron chi connectivity index (χ2n) is 9.06. The summed E-state index contributed by atoms with van der Waals surface area (Å²) in [6.45, 7) is 4.55. The molecule has 5 rings (SSSR count). The van der Waals surface area contributed by atoms with E-state index in [2.05, 4.69) is 73.0 Å². The molecule has 2 atom stereocenters. The van der Waals surface area contributed by atoms with Gasteiger partial charge in [0.05, 0.1) is 34.9 Å². The molecule has 0 bridgehead atoms. The fraction of sp³-hybridized carbons (Fsp3) is 0.500. The molecule has 6 heteroatoms. The maximum Gasteiger partial charge on any atom is 0.153 e. The summed E-state index contributed by atoms with van der Waals surface area (Å²) in [6.07, 6.45) is 8.36. The van der Waals surface area contributed by atoms with Crippen LogP contribution in [0.15, 0.2) is 36.5 Å². The second kappa shape index (κ2) is 9.41. The summed E-state index contributed by atoms with van der Waals surface area (Å²) in [4.78, 5) is 13.0. The Hall–Kier alpha value is -2.73. The van der Waals surface area contributed by atoms with E-state index in [4.69, 9.17) is 5.10 Å². The summed E-state index contributed by atoms with van der Waals surface area (Å²) >= 11 is 0. The molecular weight excluding hydrogens is 398 g/mol. The van der Waals surface area contributed by atoms with Crippen molar-refractivity contribution in [2.24, 2.45) is 14.1 Å². The van der Waals surface area contributed by atoms with E-state index >= 15 is 0 Å². The molecular formula is C26H35N5O. The van der Waals surface area contributed by atoms with Gasteiger partial charge in [-0.05, 0) is 39.2 Å². The summed E-state index contributed by atoms with van der Waals surface area (Å²) in [6, 6.07) is 11.7. The van der Waals surface area contributed by atoms with Crippen LogP contribution in [-0.4, -0.2) is 43.8 Å². The molecule has 1 aliphatic carbocycles. The van der Waals surface area contributed by atoms with Crippen LogP contribution in [0.3, 0.4) is 0 Å². The molecule has 32 heavy (non-hydrogen) atoms. The summed E-state index contributed by atoms with van der Waals surface area (Å²) < 4.78 is 3.88. The molecule has 0 spiro atoms. The zero-order valence-corrected chi connectivity index (χ0v) is 20.0. The highest BCUT2D eigenvalue weighted by Gasteiger charge is 2.34. The smallest absolute Gasteiger partial charge is 0.153 e. The van der Waals surface area contributed by atoms with Gasteiger partial charge in [-0.15, -0.1) is 0 Å². The monoisotopic (exact) mass is 433 g/mol. The van der Waals surface area contributed by atoms with E-state index in [1.54, 1.807) is 10.9 Å². The van der Waals surface area contributed by atoms with Crippen LogP contribution in [0.1, 0.15) is 78.8 Å². The number of carbonyl (C=O) groups is 1. The molecule has 6 nitrogen and oxygen atoms in total. The number of likely N-dealkylation sites (N-methyl/N-ethyl adjacent to an activating group) is 1. The van der Waals surface area contributed by atoms with Gasteiger partial charge >= 0.3 is 0 Å². The van der Waals surface area contributed by atoms with E-state index in [1.807, 2.05) is 7.05 Å². The molecule has 1 fully saturated rings. The van der Waals surface area contributed by atoms with Crippen molar-refractivity contribution in [1.82, 2.24) is 24.5 Å². The van der Waals surface area contributed by atoms with E-state index in [-0.39, 0.29) is 0 Å². The maximum atomic E-state index is 10.5. The van der Waals surface area contributed by atoms with Gasteiger partial charge in [-0.3, -0.25) is 19.1 Å². The zero-order valence-electron chi connectivity index (χ0n) is 20.0. The molecule has 2 aromatic heterocycles. The number of aldehydes is 1. The van der Waals surface area contributed by atoms with E-state index in [0.29, 0.717) is 18.0 Å². The van der Waals surface area contributed by atoms with Crippen molar-refractivity contribution >= 4 is 6.29 Å².